The van der Waals surface area contributed by atoms with E-state index in [1.165, 1.54) is 23.0 Å². The van der Waals surface area contributed by atoms with Crippen molar-refractivity contribution in [3.63, 3.8) is 0 Å². The van der Waals surface area contributed by atoms with Gasteiger partial charge in [-0.1, -0.05) is 6.07 Å². The zero-order chi connectivity index (χ0) is 13.4. The molecular weight excluding hydrogens is 238 g/mol. The Hall–Kier alpha value is -2.43. The molecule has 0 aliphatic carbocycles. The van der Waals surface area contributed by atoms with E-state index in [1.54, 1.807) is 6.33 Å². The number of imidazole rings is 1. The van der Waals surface area contributed by atoms with E-state index in [0.29, 0.717) is 0 Å². The van der Waals surface area contributed by atoms with E-state index in [9.17, 15) is 0 Å². The molecule has 0 aliphatic rings. The molecule has 0 radical (unpaired) electrons. The fourth-order valence-electron chi connectivity index (χ4n) is 2.08. The number of nitrogens with zero attached hydrogens (tertiary/aromatic N) is 3. The van der Waals surface area contributed by atoms with Crippen molar-refractivity contribution in [2.24, 2.45) is 0 Å². The van der Waals surface area contributed by atoms with Crippen molar-refractivity contribution in [3.05, 3.63) is 41.5 Å². The Morgan fingerprint density at radius 1 is 0.947 bits per heavy atom. The predicted molar refractivity (Wildman–Crippen MR) is 75.6 cm³/mol. The lowest BCUT2D eigenvalue weighted by Crippen LogP contribution is -1.99. The largest absolute Gasteiger partial charge is 0.338 e. The molecule has 96 valence electrons. The highest BCUT2D eigenvalue weighted by Gasteiger charge is 2.08. The SMILES string of the molecule is Cc1cc(C)c(Nc2ncnc3[nH]cnc23)cc1C. The molecule has 0 atom stereocenters. The second-order valence-corrected chi connectivity index (χ2v) is 4.70. The number of H-pyrrole nitrogens is 1. The molecule has 0 unspecified atom stereocenters. The molecule has 0 saturated heterocycles. The van der Waals surface area contributed by atoms with E-state index in [2.05, 4.69) is 58.2 Å². The summed E-state index contributed by atoms with van der Waals surface area (Å²) in [5.74, 6) is 0.720. The molecule has 0 amide bonds. The number of anilines is 2. The standard InChI is InChI=1S/C14H15N5/c1-8-4-10(3)11(5-9(8)2)19-14-12-13(16-6-15-12)17-7-18-14/h4-7H,1-3H3,(H2,15,16,17,18,19). The van der Waals surface area contributed by atoms with Crippen molar-refractivity contribution in [2.75, 3.05) is 5.32 Å². The summed E-state index contributed by atoms with van der Waals surface area (Å²) in [6, 6.07) is 4.30. The Balaban J connectivity index is 2.06. The van der Waals surface area contributed by atoms with Crippen LogP contribution in [0, 0.1) is 20.8 Å². The van der Waals surface area contributed by atoms with Crippen LogP contribution in [0.15, 0.2) is 24.8 Å². The van der Waals surface area contributed by atoms with Crippen LogP contribution < -0.4 is 5.32 Å². The van der Waals surface area contributed by atoms with Crippen LogP contribution in [0.1, 0.15) is 16.7 Å². The van der Waals surface area contributed by atoms with Crippen molar-refractivity contribution in [1.29, 1.82) is 0 Å². The lowest BCUT2D eigenvalue weighted by Gasteiger charge is -2.11. The van der Waals surface area contributed by atoms with Gasteiger partial charge < -0.3 is 10.3 Å². The molecule has 2 heterocycles. The molecule has 19 heavy (non-hydrogen) atoms. The van der Waals surface area contributed by atoms with Crippen molar-refractivity contribution < 1.29 is 0 Å². The number of rotatable bonds is 2. The van der Waals surface area contributed by atoms with Gasteiger partial charge >= 0.3 is 0 Å². The van der Waals surface area contributed by atoms with E-state index in [4.69, 9.17) is 0 Å². The first-order chi connectivity index (χ1) is 9.15. The number of aryl methyl sites for hydroxylation is 3. The minimum absolute atomic E-state index is 0.720. The highest BCUT2D eigenvalue weighted by Crippen LogP contribution is 2.25. The van der Waals surface area contributed by atoms with Gasteiger partial charge in [-0.2, -0.15) is 0 Å². The molecule has 2 aromatic heterocycles. The lowest BCUT2D eigenvalue weighted by molar-refractivity contribution is 1.19. The fourth-order valence-corrected chi connectivity index (χ4v) is 2.08. The van der Waals surface area contributed by atoms with Gasteiger partial charge in [0.2, 0.25) is 0 Å². The average Bonchev–Trinajstić information content (AvgIpc) is 2.85. The summed E-state index contributed by atoms with van der Waals surface area (Å²) < 4.78 is 0. The molecule has 3 rings (SSSR count). The second-order valence-electron chi connectivity index (χ2n) is 4.70. The number of aromatic nitrogens is 4. The number of hydrogen-bond acceptors (Lipinski definition) is 4. The average molecular weight is 253 g/mol. The summed E-state index contributed by atoms with van der Waals surface area (Å²) in [6.45, 7) is 6.30. The first kappa shape index (κ1) is 11.6. The predicted octanol–water partition coefficient (Wildman–Crippen LogP) is 3.02. The molecule has 5 heteroatoms. The minimum atomic E-state index is 0.720. The Morgan fingerprint density at radius 3 is 2.58 bits per heavy atom. The van der Waals surface area contributed by atoms with Crippen LogP contribution in [0.4, 0.5) is 11.5 Å². The van der Waals surface area contributed by atoms with Gasteiger partial charge in [-0.15, -0.1) is 0 Å². The zero-order valence-electron chi connectivity index (χ0n) is 11.2. The highest BCUT2D eigenvalue weighted by molar-refractivity contribution is 5.85. The van der Waals surface area contributed by atoms with Crippen LogP contribution in [-0.2, 0) is 0 Å². The molecule has 0 fully saturated rings. The maximum Gasteiger partial charge on any atom is 0.162 e. The Bertz CT molecular complexity index is 745. The number of fused-ring (bicyclic) bond motifs is 1. The van der Waals surface area contributed by atoms with E-state index >= 15 is 0 Å². The maximum atomic E-state index is 4.26. The van der Waals surface area contributed by atoms with Crippen molar-refractivity contribution in [1.82, 2.24) is 19.9 Å². The monoisotopic (exact) mass is 253 g/mol. The van der Waals surface area contributed by atoms with E-state index < -0.39 is 0 Å². The third-order valence-corrected chi connectivity index (χ3v) is 3.31. The molecule has 0 spiro atoms. The summed E-state index contributed by atoms with van der Waals surface area (Å²) >= 11 is 0. The topological polar surface area (TPSA) is 66.5 Å². The van der Waals surface area contributed by atoms with Gasteiger partial charge in [-0.05, 0) is 43.5 Å². The minimum Gasteiger partial charge on any atom is -0.338 e. The molecule has 2 N–H and O–H groups in total. The summed E-state index contributed by atoms with van der Waals surface area (Å²) in [7, 11) is 0. The van der Waals surface area contributed by atoms with Gasteiger partial charge in [0.15, 0.2) is 17.0 Å². The summed E-state index contributed by atoms with van der Waals surface area (Å²) in [4.78, 5) is 15.6. The molecule has 3 aromatic rings. The molecule has 0 bridgehead atoms. The molecule has 0 saturated carbocycles. The highest BCUT2D eigenvalue weighted by atomic mass is 15.1. The molecule has 0 aliphatic heterocycles. The van der Waals surface area contributed by atoms with Crippen LogP contribution >= 0.6 is 0 Å². The first-order valence-electron chi connectivity index (χ1n) is 6.14. The van der Waals surface area contributed by atoms with Gasteiger partial charge in [-0.3, -0.25) is 0 Å². The van der Waals surface area contributed by atoms with Gasteiger partial charge in [0.1, 0.15) is 6.33 Å². The third kappa shape index (κ3) is 2.03. The van der Waals surface area contributed by atoms with Crippen LogP contribution in [0.25, 0.3) is 11.2 Å². The number of nitrogens with one attached hydrogen (secondary N) is 2. The Kier molecular flexibility index (Phi) is 2.67. The summed E-state index contributed by atoms with van der Waals surface area (Å²) in [5, 5.41) is 3.34. The number of aromatic amines is 1. The fraction of sp³-hybridized carbons (Fsp3) is 0.214. The first-order valence-corrected chi connectivity index (χ1v) is 6.14. The molecule has 5 nitrogen and oxygen atoms in total. The smallest absolute Gasteiger partial charge is 0.162 e. The maximum absolute atomic E-state index is 4.26. The van der Waals surface area contributed by atoms with Gasteiger partial charge in [0.25, 0.3) is 0 Å². The normalized spacial score (nSPS) is 10.9. The van der Waals surface area contributed by atoms with Crippen LogP contribution in [0.2, 0.25) is 0 Å². The third-order valence-electron chi connectivity index (χ3n) is 3.31. The van der Waals surface area contributed by atoms with Crippen molar-refractivity contribution in [2.45, 2.75) is 20.8 Å². The van der Waals surface area contributed by atoms with Crippen LogP contribution in [0.5, 0.6) is 0 Å². The number of benzene rings is 1. The number of hydrogen-bond donors (Lipinski definition) is 2. The zero-order valence-corrected chi connectivity index (χ0v) is 11.2. The summed E-state index contributed by atoms with van der Waals surface area (Å²) in [6.07, 6.45) is 3.15. The van der Waals surface area contributed by atoms with Crippen LogP contribution in [0.3, 0.4) is 0 Å². The van der Waals surface area contributed by atoms with E-state index in [0.717, 1.165) is 22.7 Å². The van der Waals surface area contributed by atoms with Gasteiger partial charge in [0.05, 0.1) is 6.33 Å². The second kappa shape index (κ2) is 4.35. The lowest BCUT2D eigenvalue weighted by atomic mass is 10.0. The van der Waals surface area contributed by atoms with E-state index in [-0.39, 0.29) is 0 Å². The van der Waals surface area contributed by atoms with Crippen molar-refractivity contribution >= 4 is 22.7 Å². The van der Waals surface area contributed by atoms with Gasteiger partial charge in [0, 0.05) is 5.69 Å². The van der Waals surface area contributed by atoms with Crippen molar-refractivity contribution in [3.8, 4) is 0 Å². The molecular formula is C14H15N5. The molecule has 1 aromatic carbocycles. The van der Waals surface area contributed by atoms with Crippen LogP contribution in [-0.4, -0.2) is 19.9 Å². The van der Waals surface area contributed by atoms with E-state index in [1.807, 2.05) is 0 Å². The van der Waals surface area contributed by atoms with Gasteiger partial charge in [-0.25, -0.2) is 15.0 Å². The quantitative estimate of drug-likeness (QED) is 0.736. The Morgan fingerprint density at radius 2 is 1.74 bits per heavy atom. The summed E-state index contributed by atoms with van der Waals surface area (Å²) in [5.41, 5.74) is 6.26. The Labute approximate surface area is 111 Å².